The van der Waals surface area contributed by atoms with E-state index >= 15 is 0 Å². The molecule has 1 aliphatic carbocycles. The van der Waals surface area contributed by atoms with E-state index in [1.165, 1.54) is 25.7 Å². The number of rotatable bonds is 6. The molecule has 1 aliphatic rings. The van der Waals surface area contributed by atoms with Gasteiger partial charge in [0.2, 0.25) is 5.91 Å². The average molecular weight is 226 g/mol. The van der Waals surface area contributed by atoms with Gasteiger partial charge in [0, 0.05) is 25.0 Å². The van der Waals surface area contributed by atoms with Crippen molar-refractivity contribution in [2.24, 2.45) is 5.92 Å². The first-order chi connectivity index (χ1) is 7.59. The molecule has 16 heavy (non-hydrogen) atoms. The van der Waals surface area contributed by atoms with Gasteiger partial charge in [-0.05, 0) is 25.7 Å². The second-order valence-corrected chi connectivity index (χ2v) is 5.26. The molecule has 1 atom stereocenters. The molecule has 0 aliphatic heterocycles. The van der Waals surface area contributed by atoms with Crippen molar-refractivity contribution in [2.45, 2.75) is 65.0 Å². The van der Waals surface area contributed by atoms with Gasteiger partial charge in [0.15, 0.2) is 0 Å². The van der Waals surface area contributed by atoms with E-state index in [0.29, 0.717) is 24.4 Å². The zero-order valence-electron chi connectivity index (χ0n) is 10.9. The Kier molecular flexibility index (Phi) is 5.81. The Balaban J connectivity index is 2.12. The van der Waals surface area contributed by atoms with E-state index in [9.17, 15) is 4.79 Å². The predicted molar refractivity (Wildman–Crippen MR) is 67.3 cm³/mol. The largest absolute Gasteiger partial charge is 0.353 e. The Morgan fingerprint density at radius 1 is 1.25 bits per heavy atom. The number of hydrogen-bond donors (Lipinski definition) is 2. The van der Waals surface area contributed by atoms with Gasteiger partial charge < -0.3 is 10.6 Å². The Morgan fingerprint density at radius 2 is 1.88 bits per heavy atom. The summed E-state index contributed by atoms with van der Waals surface area (Å²) in [4.78, 5) is 11.6. The number of carbonyl (C=O) groups is 1. The summed E-state index contributed by atoms with van der Waals surface area (Å²) in [7, 11) is 0. The topological polar surface area (TPSA) is 41.1 Å². The molecular formula is C13H26N2O. The van der Waals surface area contributed by atoms with Gasteiger partial charge in [-0.1, -0.05) is 26.7 Å². The SMILES string of the molecule is CC(C)NCCC(=O)N[C@H](C)C1CCCC1. The van der Waals surface area contributed by atoms with Crippen LogP contribution in [0.3, 0.4) is 0 Å². The molecule has 2 N–H and O–H groups in total. The van der Waals surface area contributed by atoms with Gasteiger partial charge in [0.1, 0.15) is 0 Å². The van der Waals surface area contributed by atoms with E-state index in [1.54, 1.807) is 0 Å². The monoisotopic (exact) mass is 226 g/mol. The van der Waals surface area contributed by atoms with E-state index < -0.39 is 0 Å². The van der Waals surface area contributed by atoms with Crippen LogP contribution >= 0.6 is 0 Å². The predicted octanol–water partition coefficient (Wildman–Crippen LogP) is 2.07. The molecule has 0 radical (unpaired) electrons. The lowest BCUT2D eigenvalue weighted by molar-refractivity contribution is -0.121. The molecule has 1 saturated carbocycles. The van der Waals surface area contributed by atoms with Crippen molar-refractivity contribution >= 4 is 5.91 Å². The van der Waals surface area contributed by atoms with E-state index in [-0.39, 0.29) is 5.91 Å². The molecule has 3 nitrogen and oxygen atoms in total. The molecule has 1 amide bonds. The van der Waals surface area contributed by atoms with Crippen molar-refractivity contribution < 1.29 is 4.79 Å². The van der Waals surface area contributed by atoms with E-state index in [2.05, 4.69) is 31.4 Å². The summed E-state index contributed by atoms with van der Waals surface area (Å²) in [5.41, 5.74) is 0. The molecule has 0 aromatic carbocycles. The maximum atomic E-state index is 11.6. The highest BCUT2D eigenvalue weighted by Crippen LogP contribution is 2.27. The number of nitrogens with one attached hydrogen (secondary N) is 2. The third-order valence-corrected chi connectivity index (χ3v) is 3.40. The van der Waals surface area contributed by atoms with Crippen molar-refractivity contribution in [3.05, 3.63) is 0 Å². The lowest BCUT2D eigenvalue weighted by Gasteiger charge is -2.20. The third-order valence-electron chi connectivity index (χ3n) is 3.40. The second kappa shape index (κ2) is 6.89. The molecule has 1 rings (SSSR count). The summed E-state index contributed by atoms with van der Waals surface area (Å²) in [6, 6.07) is 0.814. The van der Waals surface area contributed by atoms with Crippen LogP contribution in [-0.4, -0.2) is 24.5 Å². The van der Waals surface area contributed by atoms with Gasteiger partial charge in [-0.3, -0.25) is 4.79 Å². The smallest absolute Gasteiger partial charge is 0.221 e. The minimum absolute atomic E-state index is 0.188. The van der Waals surface area contributed by atoms with Gasteiger partial charge in [0.25, 0.3) is 0 Å². The van der Waals surface area contributed by atoms with Gasteiger partial charge in [0.05, 0.1) is 0 Å². The van der Waals surface area contributed by atoms with Crippen LogP contribution in [0, 0.1) is 5.92 Å². The summed E-state index contributed by atoms with van der Waals surface area (Å²) >= 11 is 0. The lowest BCUT2D eigenvalue weighted by atomic mass is 10.00. The zero-order chi connectivity index (χ0) is 12.0. The number of amides is 1. The van der Waals surface area contributed by atoms with Crippen LogP contribution in [0.1, 0.15) is 52.9 Å². The summed E-state index contributed by atoms with van der Waals surface area (Å²) in [6.07, 6.45) is 5.83. The highest BCUT2D eigenvalue weighted by molar-refractivity contribution is 5.76. The highest BCUT2D eigenvalue weighted by atomic mass is 16.1. The van der Waals surface area contributed by atoms with Gasteiger partial charge >= 0.3 is 0 Å². The summed E-state index contributed by atoms with van der Waals surface area (Å²) < 4.78 is 0. The maximum Gasteiger partial charge on any atom is 0.221 e. The van der Waals surface area contributed by atoms with Crippen LogP contribution in [0.2, 0.25) is 0 Å². The van der Waals surface area contributed by atoms with Crippen LogP contribution in [0.4, 0.5) is 0 Å². The fraction of sp³-hybridized carbons (Fsp3) is 0.923. The standard InChI is InChI=1S/C13H26N2O/c1-10(2)14-9-8-13(16)15-11(3)12-6-4-5-7-12/h10-12,14H,4-9H2,1-3H3,(H,15,16)/t11-/m1/s1. The average Bonchev–Trinajstić information content (AvgIpc) is 2.69. The highest BCUT2D eigenvalue weighted by Gasteiger charge is 2.22. The Bertz CT molecular complexity index is 210. The summed E-state index contributed by atoms with van der Waals surface area (Å²) in [5.74, 6) is 0.898. The minimum atomic E-state index is 0.188. The Hall–Kier alpha value is -0.570. The fourth-order valence-electron chi connectivity index (χ4n) is 2.38. The van der Waals surface area contributed by atoms with E-state index in [1.807, 2.05) is 0 Å². The van der Waals surface area contributed by atoms with Crippen molar-refractivity contribution in [3.63, 3.8) is 0 Å². The zero-order valence-corrected chi connectivity index (χ0v) is 10.9. The molecule has 1 fully saturated rings. The summed E-state index contributed by atoms with van der Waals surface area (Å²) in [5, 5.41) is 6.37. The number of carbonyl (C=O) groups excluding carboxylic acids is 1. The quantitative estimate of drug-likeness (QED) is 0.728. The van der Waals surface area contributed by atoms with E-state index in [0.717, 1.165) is 6.54 Å². The van der Waals surface area contributed by atoms with Crippen molar-refractivity contribution in [3.8, 4) is 0 Å². The number of hydrogen-bond acceptors (Lipinski definition) is 2. The molecule has 0 spiro atoms. The first-order valence-corrected chi connectivity index (χ1v) is 6.62. The van der Waals surface area contributed by atoms with Crippen LogP contribution in [0.5, 0.6) is 0 Å². The molecular weight excluding hydrogens is 200 g/mol. The third kappa shape index (κ3) is 4.97. The minimum Gasteiger partial charge on any atom is -0.353 e. The Morgan fingerprint density at radius 3 is 2.44 bits per heavy atom. The van der Waals surface area contributed by atoms with Crippen LogP contribution in [0.25, 0.3) is 0 Å². The maximum absolute atomic E-state index is 11.6. The van der Waals surface area contributed by atoms with Gasteiger partial charge in [-0.25, -0.2) is 0 Å². The molecule has 0 saturated heterocycles. The van der Waals surface area contributed by atoms with Crippen LogP contribution in [-0.2, 0) is 4.79 Å². The van der Waals surface area contributed by atoms with Crippen LogP contribution in [0.15, 0.2) is 0 Å². The molecule has 0 aromatic heterocycles. The summed E-state index contributed by atoms with van der Waals surface area (Å²) in [6.45, 7) is 7.11. The second-order valence-electron chi connectivity index (χ2n) is 5.26. The van der Waals surface area contributed by atoms with Crippen molar-refractivity contribution in [1.82, 2.24) is 10.6 Å². The Labute approximate surface area is 99.4 Å². The van der Waals surface area contributed by atoms with Gasteiger partial charge in [-0.15, -0.1) is 0 Å². The van der Waals surface area contributed by atoms with Crippen LogP contribution < -0.4 is 10.6 Å². The first-order valence-electron chi connectivity index (χ1n) is 6.62. The fourth-order valence-corrected chi connectivity index (χ4v) is 2.38. The normalized spacial score (nSPS) is 19.0. The molecule has 0 bridgehead atoms. The lowest BCUT2D eigenvalue weighted by Crippen LogP contribution is -2.39. The molecule has 0 unspecified atom stereocenters. The van der Waals surface area contributed by atoms with Crippen molar-refractivity contribution in [1.29, 1.82) is 0 Å². The molecule has 94 valence electrons. The molecule has 3 heteroatoms. The molecule has 0 heterocycles. The van der Waals surface area contributed by atoms with Crippen molar-refractivity contribution in [2.75, 3.05) is 6.54 Å². The molecule has 0 aromatic rings. The van der Waals surface area contributed by atoms with E-state index in [4.69, 9.17) is 0 Å². The first kappa shape index (κ1) is 13.5. The van der Waals surface area contributed by atoms with Gasteiger partial charge in [-0.2, -0.15) is 0 Å².